The van der Waals surface area contributed by atoms with Crippen LogP contribution in [0.1, 0.15) is 55.8 Å². The highest BCUT2D eigenvalue weighted by molar-refractivity contribution is 5.94. The molecular formula is C18H28N2O2. The van der Waals surface area contributed by atoms with Gasteiger partial charge in [-0.1, -0.05) is 19.4 Å². The first-order chi connectivity index (χ1) is 10.8. The molecule has 1 aromatic carbocycles. The molecule has 4 nitrogen and oxygen atoms in total. The van der Waals surface area contributed by atoms with Gasteiger partial charge < -0.3 is 15.4 Å². The Hall–Kier alpha value is -1.55. The average molecular weight is 304 g/mol. The lowest BCUT2D eigenvalue weighted by Crippen LogP contribution is -2.32. The second-order valence-electron chi connectivity index (χ2n) is 5.91. The summed E-state index contributed by atoms with van der Waals surface area (Å²) in [6.07, 6.45) is 7.47. The molecule has 0 atom stereocenters. The first-order valence-electron chi connectivity index (χ1n) is 8.55. The zero-order valence-electron chi connectivity index (χ0n) is 13.6. The largest absolute Gasteiger partial charge is 0.490 e. The van der Waals surface area contributed by atoms with E-state index < -0.39 is 0 Å². The second kappa shape index (κ2) is 9.46. The third kappa shape index (κ3) is 5.68. The van der Waals surface area contributed by atoms with Crippen molar-refractivity contribution in [3.63, 3.8) is 0 Å². The van der Waals surface area contributed by atoms with E-state index in [0.717, 1.165) is 38.1 Å². The number of carbonyl (C=O) groups excluding carboxylic acids is 1. The molecule has 1 amide bonds. The van der Waals surface area contributed by atoms with Gasteiger partial charge >= 0.3 is 0 Å². The van der Waals surface area contributed by atoms with E-state index in [2.05, 4.69) is 17.6 Å². The Morgan fingerprint density at radius 3 is 2.77 bits per heavy atom. The number of ether oxygens (including phenoxy) is 1. The highest BCUT2D eigenvalue weighted by Gasteiger charge is 2.15. The molecule has 22 heavy (non-hydrogen) atoms. The van der Waals surface area contributed by atoms with Gasteiger partial charge in [-0.15, -0.1) is 0 Å². The third-order valence-electron chi connectivity index (χ3n) is 3.97. The molecule has 1 aliphatic rings. The SMILES string of the molecule is CCCNCCNC(=O)c1cccc(OC2CCCCC2)c1. The van der Waals surface area contributed by atoms with Gasteiger partial charge in [-0.25, -0.2) is 0 Å². The summed E-state index contributed by atoms with van der Waals surface area (Å²) in [7, 11) is 0. The van der Waals surface area contributed by atoms with E-state index in [1.165, 1.54) is 19.3 Å². The van der Waals surface area contributed by atoms with E-state index >= 15 is 0 Å². The van der Waals surface area contributed by atoms with E-state index in [-0.39, 0.29) is 5.91 Å². The molecule has 2 N–H and O–H groups in total. The summed E-state index contributed by atoms with van der Waals surface area (Å²) < 4.78 is 6.01. The van der Waals surface area contributed by atoms with Crippen LogP contribution in [-0.2, 0) is 0 Å². The quantitative estimate of drug-likeness (QED) is 0.726. The van der Waals surface area contributed by atoms with Crippen LogP contribution < -0.4 is 15.4 Å². The summed E-state index contributed by atoms with van der Waals surface area (Å²) in [5.74, 6) is 0.774. The Balaban J connectivity index is 1.80. The maximum absolute atomic E-state index is 12.1. The van der Waals surface area contributed by atoms with Gasteiger partial charge in [0, 0.05) is 18.7 Å². The summed E-state index contributed by atoms with van der Waals surface area (Å²) >= 11 is 0. The molecule has 0 unspecified atom stereocenters. The van der Waals surface area contributed by atoms with Crippen molar-refractivity contribution < 1.29 is 9.53 Å². The van der Waals surface area contributed by atoms with Crippen molar-refractivity contribution in [1.29, 1.82) is 0 Å². The van der Waals surface area contributed by atoms with E-state index in [1.54, 1.807) is 0 Å². The standard InChI is InChI=1S/C18H28N2O2/c1-2-11-19-12-13-20-18(21)15-7-6-10-17(14-15)22-16-8-4-3-5-9-16/h6-7,10,14,16,19H,2-5,8-9,11-13H2,1H3,(H,20,21). The maximum atomic E-state index is 12.1. The second-order valence-corrected chi connectivity index (χ2v) is 5.91. The third-order valence-corrected chi connectivity index (χ3v) is 3.97. The van der Waals surface area contributed by atoms with Gasteiger partial charge in [0.2, 0.25) is 0 Å². The fourth-order valence-electron chi connectivity index (χ4n) is 2.75. The van der Waals surface area contributed by atoms with Crippen molar-refractivity contribution >= 4 is 5.91 Å². The summed E-state index contributed by atoms with van der Waals surface area (Å²) in [6.45, 7) is 4.56. The number of hydrogen-bond donors (Lipinski definition) is 2. The van der Waals surface area contributed by atoms with E-state index in [1.807, 2.05) is 24.3 Å². The van der Waals surface area contributed by atoms with Gasteiger partial charge in [-0.3, -0.25) is 4.79 Å². The smallest absolute Gasteiger partial charge is 0.251 e. The molecule has 0 aliphatic heterocycles. The number of benzene rings is 1. The van der Waals surface area contributed by atoms with E-state index in [0.29, 0.717) is 18.2 Å². The van der Waals surface area contributed by atoms with Crippen molar-refractivity contribution in [2.24, 2.45) is 0 Å². The number of rotatable bonds is 8. The lowest BCUT2D eigenvalue weighted by atomic mass is 9.98. The fourth-order valence-corrected chi connectivity index (χ4v) is 2.75. The number of amides is 1. The minimum Gasteiger partial charge on any atom is -0.490 e. The van der Waals surface area contributed by atoms with Gasteiger partial charge in [0.05, 0.1) is 6.10 Å². The predicted molar refractivity (Wildman–Crippen MR) is 89.4 cm³/mol. The summed E-state index contributed by atoms with van der Waals surface area (Å²) in [5, 5.41) is 6.20. The van der Waals surface area contributed by atoms with Gasteiger partial charge in [-0.05, 0) is 56.8 Å². The molecule has 0 radical (unpaired) electrons. The van der Waals surface area contributed by atoms with Crippen LogP contribution in [0.3, 0.4) is 0 Å². The van der Waals surface area contributed by atoms with E-state index in [4.69, 9.17) is 4.74 Å². The molecule has 0 heterocycles. The highest BCUT2D eigenvalue weighted by Crippen LogP contribution is 2.23. The van der Waals surface area contributed by atoms with Crippen molar-refractivity contribution in [2.45, 2.75) is 51.6 Å². The normalized spacial score (nSPS) is 15.5. The molecule has 0 aromatic heterocycles. The van der Waals surface area contributed by atoms with Crippen molar-refractivity contribution in [2.75, 3.05) is 19.6 Å². The minimum atomic E-state index is -0.0348. The average Bonchev–Trinajstić information content (AvgIpc) is 2.56. The Morgan fingerprint density at radius 2 is 2.00 bits per heavy atom. The molecule has 1 aromatic rings. The van der Waals surface area contributed by atoms with Gasteiger partial charge in [-0.2, -0.15) is 0 Å². The predicted octanol–water partition coefficient (Wildman–Crippen LogP) is 3.13. The fraction of sp³-hybridized carbons (Fsp3) is 0.611. The van der Waals surface area contributed by atoms with Crippen LogP contribution in [0.5, 0.6) is 5.75 Å². The molecule has 1 fully saturated rings. The number of nitrogens with one attached hydrogen (secondary N) is 2. The van der Waals surface area contributed by atoms with Crippen LogP contribution in [0.4, 0.5) is 0 Å². The van der Waals surface area contributed by atoms with Crippen LogP contribution in [-0.4, -0.2) is 31.6 Å². The molecule has 0 saturated heterocycles. The summed E-state index contributed by atoms with van der Waals surface area (Å²) in [5.41, 5.74) is 0.670. The topological polar surface area (TPSA) is 50.4 Å². The van der Waals surface area contributed by atoms with Crippen molar-refractivity contribution in [3.8, 4) is 5.75 Å². The lowest BCUT2D eigenvalue weighted by molar-refractivity contribution is 0.0952. The Bertz CT molecular complexity index is 456. The molecule has 1 saturated carbocycles. The van der Waals surface area contributed by atoms with Crippen LogP contribution in [0.15, 0.2) is 24.3 Å². The number of hydrogen-bond acceptors (Lipinski definition) is 3. The van der Waals surface area contributed by atoms with Crippen molar-refractivity contribution in [3.05, 3.63) is 29.8 Å². The lowest BCUT2D eigenvalue weighted by Gasteiger charge is -2.23. The zero-order chi connectivity index (χ0) is 15.6. The van der Waals surface area contributed by atoms with Crippen LogP contribution >= 0.6 is 0 Å². The maximum Gasteiger partial charge on any atom is 0.251 e. The monoisotopic (exact) mass is 304 g/mol. The first-order valence-corrected chi connectivity index (χ1v) is 8.55. The van der Waals surface area contributed by atoms with Crippen LogP contribution in [0.25, 0.3) is 0 Å². The molecule has 0 spiro atoms. The highest BCUT2D eigenvalue weighted by atomic mass is 16.5. The molecule has 122 valence electrons. The minimum absolute atomic E-state index is 0.0348. The van der Waals surface area contributed by atoms with Crippen LogP contribution in [0.2, 0.25) is 0 Å². The Kier molecular flexibility index (Phi) is 7.23. The summed E-state index contributed by atoms with van der Waals surface area (Å²) in [4.78, 5) is 12.1. The summed E-state index contributed by atoms with van der Waals surface area (Å²) in [6, 6.07) is 7.52. The number of carbonyl (C=O) groups is 1. The molecular weight excluding hydrogens is 276 g/mol. The van der Waals surface area contributed by atoms with Crippen LogP contribution in [0, 0.1) is 0 Å². The molecule has 2 rings (SSSR count). The van der Waals surface area contributed by atoms with Crippen molar-refractivity contribution in [1.82, 2.24) is 10.6 Å². The Morgan fingerprint density at radius 1 is 1.18 bits per heavy atom. The van der Waals surface area contributed by atoms with Gasteiger partial charge in [0.15, 0.2) is 0 Å². The first kappa shape index (κ1) is 16.8. The Labute approximate surface area is 133 Å². The molecule has 4 heteroatoms. The van der Waals surface area contributed by atoms with E-state index in [9.17, 15) is 4.79 Å². The molecule has 0 bridgehead atoms. The molecule has 1 aliphatic carbocycles. The zero-order valence-corrected chi connectivity index (χ0v) is 13.6. The van der Waals surface area contributed by atoms with Gasteiger partial charge in [0.25, 0.3) is 5.91 Å². The van der Waals surface area contributed by atoms with Gasteiger partial charge in [0.1, 0.15) is 5.75 Å².